The predicted octanol–water partition coefficient (Wildman–Crippen LogP) is 4.71. The number of anilines is 1. The van der Waals surface area contributed by atoms with Crippen molar-refractivity contribution in [3.8, 4) is 0 Å². The second-order valence-corrected chi connectivity index (χ2v) is 8.80. The molecule has 1 amide bonds. The summed E-state index contributed by atoms with van der Waals surface area (Å²) in [6.07, 6.45) is -0.0125. The largest absolute Gasteiger partial charge is 0.503 e. The van der Waals surface area contributed by atoms with Crippen molar-refractivity contribution in [2.75, 3.05) is 4.90 Å². The number of nitrogens with zero attached hydrogens (tertiary/aromatic N) is 1. The number of carbonyl (C=O) groups is 3. The molecule has 154 valence electrons. The van der Waals surface area contributed by atoms with Crippen molar-refractivity contribution in [3.05, 3.63) is 74.5 Å². The first-order valence-electron chi connectivity index (χ1n) is 9.51. The van der Waals surface area contributed by atoms with Crippen molar-refractivity contribution in [2.24, 2.45) is 5.92 Å². The van der Waals surface area contributed by atoms with Crippen molar-refractivity contribution in [1.29, 1.82) is 0 Å². The Hall–Kier alpha value is -2.63. The molecule has 0 saturated carbocycles. The lowest BCUT2D eigenvalue weighted by Gasteiger charge is -2.37. The summed E-state index contributed by atoms with van der Waals surface area (Å²) in [4.78, 5) is 41.4. The quantitative estimate of drug-likeness (QED) is 0.745. The van der Waals surface area contributed by atoms with Gasteiger partial charge in [-0.25, -0.2) is 0 Å². The zero-order chi connectivity index (χ0) is 22.0. The van der Waals surface area contributed by atoms with E-state index >= 15 is 0 Å². The van der Waals surface area contributed by atoms with Gasteiger partial charge in [0.2, 0.25) is 0 Å². The fourth-order valence-corrected chi connectivity index (χ4v) is 4.74. The lowest BCUT2D eigenvalue weighted by atomic mass is 9.78. The number of carbonyl (C=O) groups excluding carboxylic acids is 3. The van der Waals surface area contributed by atoms with Crippen molar-refractivity contribution >= 4 is 46.4 Å². The van der Waals surface area contributed by atoms with Gasteiger partial charge < -0.3 is 5.11 Å². The predicted molar refractivity (Wildman–Crippen MR) is 115 cm³/mol. The Labute approximate surface area is 183 Å². The maximum absolute atomic E-state index is 13.6. The number of hydrogen-bond acceptors (Lipinski definition) is 4. The molecule has 0 fully saturated rings. The highest BCUT2D eigenvalue weighted by Gasteiger charge is 2.63. The van der Waals surface area contributed by atoms with E-state index in [2.05, 4.69) is 0 Å². The Morgan fingerprint density at radius 3 is 2.40 bits per heavy atom. The van der Waals surface area contributed by atoms with Crippen LogP contribution < -0.4 is 4.90 Å². The van der Waals surface area contributed by atoms with E-state index in [1.54, 1.807) is 57.2 Å². The van der Waals surface area contributed by atoms with Crippen molar-refractivity contribution in [2.45, 2.75) is 32.7 Å². The molecule has 1 spiro atoms. The molecule has 0 radical (unpaired) electrons. The van der Waals surface area contributed by atoms with Crippen LogP contribution in [0, 0.1) is 12.8 Å². The summed E-state index contributed by atoms with van der Waals surface area (Å²) in [7, 11) is 0. The Balaban J connectivity index is 2.11. The lowest BCUT2D eigenvalue weighted by molar-refractivity contribution is -0.126. The van der Waals surface area contributed by atoms with Crippen LogP contribution in [0.3, 0.4) is 0 Å². The Bertz CT molecular complexity index is 1170. The fraction of sp³-hybridized carbons (Fsp3) is 0.261. The fourth-order valence-electron chi connectivity index (χ4n) is 4.38. The summed E-state index contributed by atoms with van der Waals surface area (Å²) in [5.41, 5.74) is 0.187. The Morgan fingerprint density at radius 2 is 1.73 bits per heavy atom. The van der Waals surface area contributed by atoms with Gasteiger partial charge in [-0.1, -0.05) is 49.2 Å². The van der Waals surface area contributed by atoms with Crippen LogP contribution in [0.15, 0.2) is 47.7 Å². The topological polar surface area (TPSA) is 74.7 Å². The molecule has 0 aromatic heterocycles. The van der Waals surface area contributed by atoms with Gasteiger partial charge in [-0.2, -0.15) is 0 Å². The number of aryl methyl sites for hydroxylation is 1. The number of rotatable bonds is 3. The van der Waals surface area contributed by atoms with Crippen molar-refractivity contribution < 1.29 is 19.5 Å². The number of amides is 1. The van der Waals surface area contributed by atoms with Crippen LogP contribution in [0.2, 0.25) is 10.0 Å². The van der Waals surface area contributed by atoms with Gasteiger partial charge in [0.25, 0.3) is 5.91 Å². The van der Waals surface area contributed by atoms with Gasteiger partial charge in [0.1, 0.15) is 0 Å². The molecule has 0 saturated heterocycles. The molecule has 1 heterocycles. The Kier molecular flexibility index (Phi) is 4.79. The highest BCUT2D eigenvalue weighted by Crippen LogP contribution is 2.53. The number of aliphatic hydroxyl groups excluding tert-OH is 1. The van der Waals surface area contributed by atoms with Crippen LogP contribution >= 0.6 is 23.2 Å². The van der Waals surface area contributed by atoms with E-state index in [0.29, 0.717) is 32.4 Å². The first-order valence-corrected chi connectivity index (χ1v) is 10.3. The van der Waals surface area contributed by atoms with Crippen molar-refractivity contribution in [1.82, 2.24) is 0 Å². The molecule has 4 rings (SSSR count). The maximum atomic E-state index is 13.6. The van der Waals surface area contributed by atoms with Gasteiger partial charge in [0.15, 0.2) is 22.9 Å². The highest BCUT2D eigenvalue weighted by molar-refractivity contribution is 6.32. The standard InChI is InChI=1S/C23H19Cl2NO4/c1-11(2)20(28)19-21(29)22(30)26(17-10-15(25)5-4-12(17)3)23(19)16-7-6-14(24)8-13(16)9-18(23)27/h4-8,10-11,29H,9H2,1-3H3. The minimum absolute atomic E-state index is 0.0125. The molecule has 1 aliphatic heterocycles. The zero-order valence-corrected chi connectivity index (χ0v) is 18.1. The van der Waals surface area contributed by atoms with E-state index in [9.17, 15) is 19.5 Å². The van der Waals surface area contributed by atoms with Crippen LogP contribution in [0.1, 0.15) is 30.5 Å². The third-order valence-electron chi connectivity index (χ3n) is 5.73. The number of fused-ring (bicyclic) bond motifs is 2. The smallest absolute Gasteiger partial charge is 0.295 e. The average Bonchev–Trinajstić information content (AvgIpc) is 3.08. The molecule has 5 nitrogen and oxygen atoms in total. The third-order valence-corrected chi connectivity index (χ3v) is 6.20. The van der Waals surface area contributed by atoms with Crippen molar-refractivity contribution in [3.63, 3.8) is 0 Å². The second-order valence-electron chi connectivity index (χ2n) is 7.93. The normalized spacial score (nSPS) is 20.7. The number of ketones is 2. The van der Waals surface area contributed by atoms with Crippen LogP contribution in [-0.4, -0.2) is 22.6 Å². The number of Topliss-reactive ketones (excluding diaryl/α,β-unsaturated/α-hetero) is 2. The number of aliphatic hydroxyl groups is 1. The van der Waals surface area contributed by atoms with Crippen LogP contribution in [0.25, 0.3) is 0 Å². The second kappa shape index (κ2) is 6.96. The maximum Gasteiger partial charge on any atom is 0.295 e. The molecule has 1 unspecified atom stereocenters. The number of halogens is 2. The number of benzene rings is 2. The molecular formula is C23H19Cl2NO4. The summed E-state index contributed by atoms with van der Waals surface area (Å²) in [5, 5.41) is 11.7. The molecule has 1 N–H and O–H groups in total. The summed E-state index contributed by atoms with van der Waals surface area (Å²) in [6.45, 7) is 5.10. The van der Waals surface area contributed by atoms with E-state index < -0.39 is 28.9 Å². The van der Waals surface area contributed by atoms with Gasteiger partial charge in [0.05, 0.1) is 11.3 Å². The lowest BCUT2D eigenvalue weighted by Crippen LogP contribution is -2.52. The molecule has 1 atom stereocenters. The van der Waals surface area contributed by atoms with E-state index in [4.69, 9.17) is 23.2 Å². The van der Waals surface area contributed by atoms with Gasteiger partial charge in [-0.05, 0) is 47.9 Å². The molecule has 2 aromatic rings. The van der Waals surface area contributed by atoms with E-state index in [0.717, 1.165) is 0 Å². The van der Waals surface area contributed by atoms with Gasteiger partial charge in [-0.3, -0.25) is 19.3 Å². The van der Waals surface area contributed by atoms with E-state index in [1.165, 1.54) is 4.90 Å². The molecule has 7 heteroatoms. The summed E-state index contributed by atoms with van der Waals surface area (Å²) in [5.74, 6) is -2.87. The first-order chi connectivity index (χ1) is 14.1. The van der Waals surface area contributed by atoms with Gasteiger partial charge in [-0.15, -0.1) is 0 Å². The summed E-state index contributed by atoms with van der Waals surface area (Å²) >= 11 is 12.3. The van der Waals surface area contributed by atoms with Crippen LogP contribution in [0.4, 0.5) is 5.69 Å². The molecule has 0 bridgehead atoms. The monoisotopic (exact) mass is 443 g/mol. The summed E-state index contributed by atoms with van der Waals surface area (Å²) in [6, 6.07) is 9.87. The minimum atomic E-state index is -1.75. The molecule has 2 aliphatic rings. The zero-order valence-electron chi connectivity index (χ0n) is 16.6. The van der Waals surface area contributed by atoms with Gasteiger partial charge in [0, 0.05) is 22.4 Å². The SMILES string of the molecule is Cc1ccc(Cl)cc1N1C(=O)C(O)=C(C(=O)C(C)C)C12C(=O)Cc1cc(Cl)ccc12. The molecular weight excluding hydrogens is 425 g/mol. The molecule has 1 aliphatic carbocycles. The van der Waals surface area contributed by atoms with Crippen LogP contribution in [0.5, 0.6) is 0 Å². The first kappa shape index (κ1) is 20.6. The Morgan fingerprint density at radius 1 is 1.10 bits per heavy atom. The molecule has 2 aromatic carbocycles. The molecule has 30 heavy (non-hydrogen) atoms. The van der Waals surface area contributed by atoms with E-state index in [-0.39, 0.29) is 17.8 Å². The third kappa shape index (κ3) is 2.65. The van der Waals surface area contributed by atoms with E-state index in [1.807, 2.05) is 0 Å². The van der Waals surface area contributed by atoms with Gasteiger partial charge >= 0.3 is 0 Å². The average molecular weight is 444 g/mol. The van der Waals surface area contributed by atoms with Crippen LogP contribution in [-0.2, 0) is 26.3 Å². The summed E-state index contributed by atoms with van der Waals surface area (Å²) < 4.78 is 0. The minimum Gasteiger partial charge on any atom is -0.503 e. The number of hydrogen-bond donors (Lipinski definition) is 1. The highest BCUT2D eigenvalue weighted by atomic mass is 35.5.